The van der Waals surface area contributed by atoms with Gasteiger partial charge in [-0.25, -0.2) is 9.67 Å². The molecule has 5 rings (SSSR count). The molecular formula is C31H40N4O3. The molecule has 1 atom stereocenters. The molecule has 0 N–H and O–H groups in total. The molecule has 0 saturated carbocycles. The highest BCUT2D eigenvalue weighted by molar-refractivity contribution is 5.89. The average molecular weight is 517 g/mol. The van der Waals surface area contributed by atoms with Gasteiger partial charge in [-0.2, -0.15) is 5.10 Å². The monoisotopic (exact) mass is 516 g/mol. The second-order valence-corrected chi connectivity index (χ2v) is 9.77. The first-order chi connectivity index (χ1) is 18.5. The van der Waals surface area contributed by atoms with Crippen LogP contribution in [0.5, 0.6) is 0 Å². The first-order valence-corrected chi connectivity index (χ1v) is 13.6. The molecule has 0 bridgehead atoms. The van der Waals surface area contributed by atoms with Gasteiger partial charge in [-0.15, -0.1) is 0 Å². The van der Waals surface area contributed by atoms with Crippen molar-refractivity contribution in [2.24, 2.45) is 5.92 Å². The van der Waals surface area contributed by atoms with Crippen molar-refractivity contribution in [3.05, 3.63) is 66.1 Å². The summed E-state index contributed by atoms with van der Waals surface area (Å²) in [5, 5.41) is 4.82. The second kappa shape index (κ2) is 13.4. The number of hydrogen-bond donors (Lipinski definition) is 0. The number of benzene rings is 1. The molecule has 1 unspecified atom stereocenters. The van der Waals surface area contributed by atoms with Crippen LogP contribution in [0.15, 0.2) is 59.2 Å². The van der Waals surface area contributed by atoms with E-state index in [1.807, 2.05) is 29.1 Å². The molecule has 38 heavy (non-hydrogen) atoms. The SMILES string of the molecule is CCCC.COCC(C)/C=C/c1cc2nc(-n3ccc(-c4cccc(C)c4)n3)cc(N3CCOCC3)c2o1. The van der Waals surface area contributed by atoms with Crippen LogP contribution in [0.2, 0.25) is 0 Å². The Hall–Kier alpha value is -3.42. The zero-order valence-corrected chi connectivity index (χ0v) is 23.3. The van der Waals surface area contributed by atoms with Crippen LogP contribution >= 0.6 is 0 Å². The second-order valence-electron chi connectivity index (χ2n) is 9.77. The molecule has 7 nitrogen and oxygen atoms in total. The van der Waals surface area contributed by atoms with Crippen LogP contribution in [0.1, 0.15) is 44.9 Å². The minimum absolute atomic E-state index is 0.296. The molecule has 202 valence electrons. The zero-order valence-electron chi connectivity index (χ0n) is 23.3. The fraction of sp³-hybridized carbons (Fsp3) is 0.419. The number of methoxy groups -OCH3 is 1. The Kier molecular flexibility index (Phi) is 9.73. The van der Waals surface area contributed by atoms with Crippen LogP contribution in [0.4, 0.5) is 5.69 Å². The Morgan fingerprint density at radius 3 is 2.58 bits per heavy atom. The number of hydrogen-bond acceptors (Lipinski definition) is 6. The molecule has 0 amide bonds. The number of fused-ring (bicyclic) bond motifs is 1. The molecule has 1 aliphatic heterocycles. The number of rotatable bonds is 8. The number of aryl methyl sites for hydroxylation is 1. The minimum atomic E-state index is 0.296. The van der Waals surface area contributed by atoms with Gasteiger partial charge in [-0.05, 0) is 31.1 Å². The highest BCUT2D eigenvalue weighted by Gasteiger charge is 2.20. The van der Waals surface area contributed by atoms with Crippen molar-refractivity contribution in [1.29, 1.82) is 0 Å². The van der Waals surface area contributed by atoms with Gasteiger partial charge >= 0.3 is 0 Å². The lowest BCUT2D eigenvalue weighted by Gasteiger charge is -2.28. The standard InChI is InChI=1S/C27H30N4O3.C4H10/c1-19-5-4-6-21(15-19)23-9-10-31(29-23)26-17-25(30-11-13-33-14-12-30)27-24(28-26)16-22(34-27)8-7-20(2)18-32-3;1-3-4-2/h4-10,15-17,20H,11-14,18H2,1-3H3;3-4H2,1-2H3/b8-7+;. The van der Waals surface area contributed by atoms with Gasteiger partial charge in [0.05, 0.1) is 31.2 Å². The first kappa shape index (κ1) is 27.6. The predicted octanol–water partition coefficient (Wildman–Crippen LogP) is 6.93. The van der Waals surface area contributed by atoms with Crippen molar-refractivity contribution in [3.63, 3.8) is 0 Å². The number of ether oxygens (including phenoxy) is 2. The molecule has 7 heteroatoms. The van der Waals surface area contributed by atoms with Crippen LogP contribution < -0.4 is 4.90 Å². The quantitative estimate of drug-likeness (QED) is 0.253. The van der Waals surface area contributed by atoms with E-state index in [1.54, 1.807) is 7.11 Å². The van der Waals surface area contributed by atoms with Gasteiger partial charge in [0.2, 0.25) is 0 Å². The van der Waals surface area contributed by atoms with E-state index in [9.17, 15) is 0 Å². The lowest BCUT2D eigenvalue weighted by molar-refractivity contribution is 0.122. The van der Waals surface area contributed by atoms with E-state index in [0.717, 1.165) is 52.7 Å². The van der Waals surface area contributed by atoms with Crippen molar-refractivity contribution >= 4 is 22.9 Å². The largest absolute Gasteiger partial charge is 0.453 e. The van der Waals surface area contributed by atoms with Gasteiger partial charge in [0.15, 0.2) is 11.4 Å². The molecule has 1 aliphatic rings. The van der Waals surface area contributed by atoms with E-state index < -0.39 is 0 Å². The third-order valence-electron chi connectivity index (χ3n) is 6.47. The summed E-state index contributed by atoms with van der Waals surface area (Å²) in [5.74, 6) is 1.83. The van der Waals surface area contributed by atoms with Crippen molar-refractivity contribution in [2.45, 2.75) is 40.5 Å². The number of aromatic nitrogens is 3. The van der Waals surface area contributed by atoms with Crippen LogP contribution in [-0.2, 0) is 9.47 Å². The van der Waals surface area contributed by atoms with E-state index >= 15 is 0 Å². The van der Waals surface area contributed by atoms with Crippen molar-refractivity contribution in [3.8, 4) is 17.1 Å². The van der Waals surface area contributed by atoms with Crippen LogP contribution in [0, 0.1) is 12.8 Å². The summed E-state index contributed by atoms with van der Waals surface area (Å²) in [5.41, 5.74) is 5.83. The van der Waals surface area contributed by atoms with Gasteiger partial charge in [0.1, 0.15) is 11.3 Å². The third-order valence-corrected chi connectivity index (χ3v) is 6.47. The Balaban J connectivity index is 0.000000786. The fourth-order valence-electron chi connectivity index (χ4n) is 4.24. The Bertz CT molecular complexity index is 1330. The summed E-state index contributed by atoms with van der Waals surface area (Å²) in [6, 6.07) is 14.4. The highest BCUT2D eigenvalue weighted by atomic mass is 16.5. The maximum absolute atomic E-state index is 6.26. The van der Waals surface area contributed by atoms with Crippen molar-refractivity contribution in [2.75, 3.05) is 44.9 Å². The molecule has 0 aliphatic carbocycles. The smallest absolute Gasteiger partial charge is 0.176 e. The molecule has 3 aromatic heterocycles. The van der Waals surface area contributed by atoms with Gasteiger partial charge in [-0.1, -0.05) is 63.5 Å². The Morgan fingerprint density at radius 2 is 1.87 bits per heavy atom. The third kappa shape index (κ3) is 6.91. The molecule has 0 radical (unpaired) electrons. The zero-order chi connectivity index (χ0) is 26.9. The lowest BCUT2D eigenvalue weighted by Crippen LogP contribution is -2.36. The summed E-state index contributed by atoms with van der Waals surface area (Å²) in [4.78, 5) is 7.20. The van der Waals surface area contributed by atoms with E-state index in [2.05, 4.69) is 69.0 Å². The summed E-state index contributed by atoms with van der Waals surface area (Å²) in [7, 11) is 1.71. The highest BCUT2D eigenvalue weighted by Crippen LogP contribution is 2.32. The van der Waals surface area contributed by atoms with Gasteiger partial charge < -0.3 is 18.8 Å². The molecule has 4 aromatic rings. The van der Waals surface area contributed by atoms with Gasteiger partial charge in [0, 0.05) is 44.1 Å². The van der Waals surface area contributed by atoms with Crippen molar-refractivity contribution < 1.29 is 13.9 Å². The molecule has 1 saturated heterocycles. The maximum atomic E-state index is 6.26. The van der Waals surface area contributed by atoms with E-state index in [4.69, 9.17) is 24.0 Å². The van der Waals surface area contributed by atoms with Crippen LogP contribution in [0.25, 0.3) is 34.3 Å². The van der Waals surface area contributed by atoms with E-state index in [0.29, 0.717) is 25.7 Å². The number of unbranched alkanes of at least 4 members (excludes halogenated alkanes) is 1. The molecule has 0 spiro atoms. The number of furan rings is 1. The lowest BCUT2D eigenvalue weighted by atomic mass is 10.1. The number of morpholine rings is 1. The number of pyridine rings is 1. The summed E-state index contributed by atoms with van der Waals surface area (Å²) in [6.07, 6.45) is 8.69. The molecule has 4 heterocycles. The summed E-state index contributed by atoms with van der Waals surface area (Å²) < 4.78 is 18.9. The van der Waals surface area contributed by atoms with Crippen LogP contribution in [-0.4, -0.2) is 54.8 Å². The maximum Gasteiger partial charge on any atom is 0.176 e. The molecular weight excluding hydrogens is 476 g/mol. The number of nitrogens with zero attached hydrogens (tertiary/aromatic N) is 4. The summed E-state index contributed by atoms with van der Waals surface area (Å²) >= 11 is 0. The normalized spacial score (nSPS) is 14.6. The molecule has 1 fully saturated rings. The Morgan fingerprint density at radius 1 is 1.08 bits per heavy atom. The Labute approximate surface area is 226 Å². The topological polar surface area (TPSA) is 65.5 Å². The predicted molar refractivity (Wildman–Crippen MR) is 155 cm³/mol. The van der Waals surface area contributed by atoms with E-state index in [-0.39, 0.29) is 0 Å². The fourth-order valence-corrected chi connectivity index (χ4v) is 4.24. The van der Waals surface area contributed by atoms with Crippen molar-refractivity contribution in [1.82, 2.24) is 14.8 Å². The van der Waals surface area contributed by atoms with Gasteiger partial charge in [-0.3, -0.25) is 0 Å². The van der Waals surface area contributed by atoms with E-state index in [1.165, 1.54) is 18.4 Å². The molecule has 1 aromatic carbocycles. The summed E-state index contributed by atoms with van der Waals surface area (Å²) in [6.45, 7) is 12.2. The minimum Gasteiger partial charge on any atom is -0.453 e. The first-order valence-electron chi connectivity index (χ1n) is 13.6. The average Bonchev–Trinajstić information content (AvgIpc) is 3.60. The number of anilines is 1. The van der Waals surface area contributed by atoms with Crippen LogP contribution in [0.3, 0.4) is 0 Å². The van der Waals surface area contributed by atoms with Gasteiger partial charge in [0.25, 0.3) is 0 Å².